The Kier molecular flexibility index (Phi) is 4.45. The van der Waals surface area contributed by atoms with Crippen molar-refractivity contribution in [3.63, 3.8) is 0 Å². The summed E-state index contributed by atoms with van der Waals surface area (Å²) in [4.78, 5) is 0.522. The van der Waals surface area contributed by atoms with Gasteiger partial charge in [0.2, 0.25) is 0 Å². The summed E-state index contributed by atoms with van der Waals surface area (Å²) in [5.74, 6) is 1.73. The second kappa shape index (κ2) is 5.86. The third kappa shape index (κ3) is 3.10. The summed E-state index contributed by atoms with van der Waals surface area (Å²) in [5.41, 5.74) is 1.42. The Balaban J connectivity index is 1.91. The first-order chi connectivity index (χ1) is 7.77. The van der Waals surface area contributed by atoms with Gasteiger partial charge in [-0.2, -0.15) is 0 Å². The summed E-state index contributed by atoms with van der Waals surface area (Å²) in [6.45, 7) is 2.38. The Labute approximate surface area is 108 Å². The lowest BCUT2D eigenvalue weighted by Gasteiger charge is -2.21. The first kappa shape index (κ1) is 12.2. The van der Waals surface area contributed by atoms with Crippen LogP contribution in [0.3, 0.4) is 0 Å². The molecular formula is C15H21Br. The molecule has 1 aromatic rings. The molecule has 0 radical (unpaired) electrons. The van der Waals surface area contributed by atoms with Crippen LogP contribution in [0, 0.1) is 11.8 Å². The number of rotatable bonds is 4. The normalized spacial score (nSPS) is 20.9. The fourth-order valence-corrected chi connectivity index (χ4v) is 3.38. The summed E-state index contributed by atoms with van der Waals surface area (Å²) >= 11 is 3.86. The van der Waals surface area contributed by atoms with Crippen LogP contribution in [0.25, 0.3) is 0 Å². The fourth-order valence-electron chi connectivity index (χ4n) is 2.86. The summed E-state index contributed by atoms with van der Waals surface area (Å²) in [6.07, 6.45) is 7.20. The van der Waals surface area contributed by atoms with Gasteiger partial charge in [-0.05, 0) is 23.8 Å². The predicted molar refractivity (Wildman–Crippen MR) is 73.8 cm³/mol. The second-order valence-corrected chi connectivity index (χ2v) is 6.16. The monoisotopic (exact) mass is 280 g/mol. The van der Waals surface area contributed by atoms with Gasteiger partial charge in [-0.3, -0.25) is 0 Å². The molecule has 2 unspecified atom stereocenters. The minimum Gasteiger partial charge on any atom is -0.0836 e. The van der Waals surface area contributed by atoms with Crippen molar-refractivity contribution in [1.82, 2.24) is 0 Å². The summed E-state index contributed by atoms with van der Waals surface area (Å²) in [5, 5.41) is 0. The quantitative estimate of drug-likeness (QED) is 0.653. The Morgan fingerprint density at radius 2 is 1.81 bits per heavy atom. The lowest BCUT2D eigenvalue weighted by atomic mass is 9.90. The van der Waals surface area contributed by atoms with Crippen molar-refractivity contribution in [2.24, 2.45) is 11.8 Å². The maximum absolute atomic E-state index is 3.86. The molecule has 1 aliphatic rings. The molecule has 0 nitrogen and oxygen atoms in total. The van der Waals surface area contributed by atoms with E-state index in [1.54, 1.807) is 0 Å². The topological polar surface area (TPSA) is 0 Å². The smallest absolute Gasteiger partial charge is 0.0420 e. The molecule has 0 aliphatic heterocycles. The van der Waals surface area contributed by atoms with Crippen molar-refractivity contribution in [3.8, 4) is 0 Å². The van der Waals surface area contributed by atoms with Gasteiger partial charge in [-0.1, -0.05) is 78.9 Å². The molecule has 0 amide bonds. The van der Waals surface area contributed by atoms with Crippen LogP contribution < -0.4 is 0 Å². The number of alkyl halides is 1. The maximum Gasteiger partial charge on any atom is 0.0420 e. The lowest BCUT2D eigenvalue weighted by Crippen LogP contribution is -2.08. The minimum absolute atomic E-state index is 0.522. The molecule has 2 rings (SSSR count). The highest BCUT2D eigenvalue weighted by Gasteiger charge is 2.22. The van der Waals surface area contributed by atoms with E-state index in [0.29, 0.717) is 4.83 Å². The molecule has 0 bridgehead atoms. The third-order valence-corrected chi connectivity index (χ3v) is 5.23. The second-order valence-electron chi connectivity index (χ2n) is 5.18. The van der Waals surface area contributed by atoms with Crippen LogP contribution in [0.15, 0.2) is 30.3 Å². The van der Waals surface area contributed by atoms with E-state index in [1.807, 2.05) is 0 Å². The summed E-state index contributed by atoms with van der Waals surface area (Å²) < 4.78 is 0. The highest BCUT2D eigenvalue weighted by Crippen LogP contribution is 2.38. The molecule has 2 atom stereocenters. The molecule has 88 valence electrons. The molecule has 1 heteroatoms. The first-order valence-corrected chi connectivity index (χ1v) is 7.38. The predicted octanol–water partition coefficient (Wildman–Crippen LogP) is 5.34. The highest BCUT2D eigenvalue weighted by molar-refractivity contribution is 9.09. The minimum atomic E-state index is 0.522. The average molecular weight is 281 g/mol. The van der Waals surface area contributed by atoms with E-state index in [4.69, 9.17) is 0 Å². The molecular weight excluding hydrogens is 260 g/mol. The fraction of sp³-hybridized carbons (Fsp3) is 0.600. The average Bonchev–Trinajstić information content (AvgIpc) is 2.82. The Bertz CT molecular complexity index is 300. The van der Waals surface area contributed by atoms with E-state index >= 15 is 0 Å². The molecule has 0 spiro atoms. The van der Waals surface area contributed by atoms with Gasteiger partial charge in [-0.25, -0.2) is 0 Å². The molecule has 1 aliphatic carbocycles. The van der Waals surface area contributed by atoms with Crippen LogP contribution in [0.1, 0.15) is 49.4 Å². The van der Waals surface area contributed by atoms with Gasteiger partial charge in [-0.15, -0.1) is 0 Å². The summed E-state index contributed by atoms with van der Waals surface area (Å²) in [6, 6.07) is 10.8. The van der Waals surface area contributed by atoms with Crippen molar-refractivity contribution in [2.45, 2.75) is 43.9 Å². The lowest BCUT2D eigenvalue weighted by molar-refractivity contribution is 0.394. The van der Waals surface area contributed by atoms with Gasteiger partial charge >= 0.3 is 0 Å². The van der Waals surface area contributed by atoms with E-state index in [-0.39, 0.29) is 0 Å². The van der Waals surface area contributed by atoms with Crippen molar-refractivity contribution >= 4 is 15.9 Å². The van der Waals surface area contributed by atoms with Gasteiger partial charge < -0.3 is 0 Å². The van der Waals surface area contributed by atoms with E-state index < -0.39 is 0 Å². The molecule has 16 heavy (non-hydrogen) atoms. The van der Waals surface area contributed by atoms with E-state index in [1.165, 1.54) is 37.7 Å². The van der Waals surface area contributed by atoms with Gasteiger partial charge in [0, 0.05) is 4.83 Å². The maximum atomic E-state index is 3.86. The zero-order valence-corrected chi connectivity index (χ0v) is 11.6. The van der Waals surface area contributed by atoms with Gasteiger partial charge in [0.1, 0.15) is 0 Å². The SMILES string of the molecule is CC(CC1CCCC1)C(Br)c1ccccc1. The van der Waals surface area contributed by atoms with Gasteiger partial charge in [0.15, 0.2) is 0 Å². The van der Waals surface area contributed by atoms with Crippen molar-refractivity contribution in [2.75, 3.05) is 0 Å². The molecule has 0 N–H and O–H groups in total. The number of benzene rings is 1. The molecule has 0 heterocycles. The molecule has 1 aromatic carbocycles. The Hall–Kier alpha value is -0.300. The molecule has 1 saturated carbocycles. The highest BCUT2D eigenvalue weighted by atomic mass is 79.9. The third-order valence-electron chi connectivity index (χ3n) is 3.80. The zero-order valence-electron chi connectivity index (χ0n) is 10.0. The largest absolute Gasteiger partial charge is 0.0836 e. The van der Waals surface area contributed by atoms with E-state index in [9.17, 15) is 0 Å². The number of hydrogen-bond donors (Lipinski definition) is 0. The Morgan fingerprint density at radius 1 is 1.19 bits per heavy atom. The van der Waals surface area contributed by atoms with Crippen molar-refractivity contribution in [1.29, 1.82) is 0 Å². The Morgan fingerprint density at radius 3 is 2.44 bits per heavy atom. The van der Waals surface area contributed by atoms with Crippen molar-refractivity contribution < 1.29 is 0 Å². The van der Waals surface area contributed by atoms with Crippen LogP contribution in [0.5, 0.6) is 0 Å². The van der Waals surface area contributed by atoms with Gasteiger partial charge in [0.25, 0.3) is 0 Å². The van der Waals surface area contributed by atoms with Crippen LogP contribution in [-0.4, -0.2) is 0 Å². The number of halogens is 1. The first-order valence-electron chi connectivity index (χ1n) is 6.46. The zero-order chi connectivity index (χ0) is 11.4. The van der Waals surface area contributed by atoms with Crippen molar-refractivity contribution in [3.05, 3.63) is 35.9 Å². The van der Waals surface area contributed by atoms with E-state index in [0.717, 1.165) is 11.8 Å². The molecule has 0 aromatic heterocycles. The molecule has 1 fully saturated rings. The summed E-state index contributed by atoms with van der Waals surface area (Å²) in [7, 11) is 0. The van der Waals surface area contributed by atoms with Crippen LogP contribution in [0.2, 0.25) is 0 Å². The standard InChI is InChI=1S/C15H21Br/c1-12(11-13-7-5-6-8-13)15(16)14-9-3-2-4-10-14/h2-4,9-10,12-13,15H,5-8,11H2,1H3. The van der Waals surface area contributed by atoms with Crippen LogP contribution in [0.4, 0.5) is 0 Å². The van der Waals surface area contributed by atoms with E-state index in [2.05, 4.69) is 53.2 Å². The van der Waals surface area contributed by atoms with Gasteiger partial charge in [0.05, 0.1) is 0 Å². The van der Waals surface area contributed by atoms with Crippen LogP contribution in [-0.2, 0) is 0 Å². The number of hydrogen-bond acceptors (Lipinski definition) is 0. The van der Waals surface area contributed by atoms with Crippen LogP contribution >= 0.6 is 15.9 Å². The molecule has 0 saturated heterocycles.